The molecule has 0 bridgehead atoms. The maximum absolute atomic E-state index is 5.52. The van der Waals surface area contributed by atoms with Crippen molar-refractivity contribution in [3.05, 3.63) is 39.8 Å². The van der Waals surface area contributed by atoms with E-state index in [1.807, 2.05) is 25.1 Å². The quantitative estimate of drug-likeness (QED) is 0.852. The van der Waals surface area contributed by atoms with Crippen LogP contribution in [-0.2, 0) is 6.42 Å². The molecule has 5 heteroatoms. The number of rotatable bonds is 7. The third kappa shape index (κ3) is 3.74. The molecule has 21 heavy (non-hydrogen) atoms. The van der Waals surface area contributed by atoms with Gasteiger partial charge in [0, 0.05) is 17.8 Å². The maximum atomic E-state index is 5.52. The van der Waals surface area contributed by atoms with Gasteiger partial charge < -0.3 is 14.8 Å². The van der Waals surface area contributed by atoms with E-state index in [1.165, 1.54) is 0 Å². The fourth-order valence-corrected chi connectivity index (χ4v) is 3.08. The Labute approximate surface area is 130 Å². The summed E-state index contributed by atoms with van der Waals surface area (Å²) in [6.07, 6.45) is 0.814. The van der Waals surface area contributed by atoms with Crippen LogP contribution in [0.5, 0.6) is 11.5 Å². The van der Waals surface area contributed by atoms with Crippen LogP contribution in [0.4, 0.5) is 0 Å². The molecule has 114 valence electrons. The van der Waals surface area contributed by atoms with Crippen LogP contribution in [0.3, 0.4) is 0 Å². The van der Waals surface area contributed by atoms with Gasteiger partial charge in [-0.05, 0) is 25.6 Å². The number of nitrogens with zero attached hydrogens (tertiary/aromatic N) is 1. The number of ether oxygens (including phenoxy) is 2. The molecule has 0 saturated heterocycles. The largest absolute Gasteiger partial charge is 0.496 e. The molecule has 1 N–H and O–H groups in total. The van der Waals surface area contributed by atoms with Gasteiger partial charge in [0.1, 0.15) is 11.5 Å². The van der Waals surface area contributed by atoms with Gasteiger partial charge in [-0.1, -0.05) is 13.0 Å². The van der Waals surface area contributed by atoms with E-state index in [1.54, 1.807) is 25.6 Å². The Morgan fingerprint density at radius 2 is 1.90 bits per heavy atom. The summed E-state index contributed by atoms with van der Waals surface area (Å²) in [6, 6.07) is 5.99. The van der Waals surface area contributed by atoms with E-state index in [2.05, 4.69) is 22.6 Å². The Kier molecular flexibility index (Phi) is 5.59. The van der Waals surface area contributed by atoms with Crippen molar-refractivity contribution in [2.45, 2.75) is 26.3 Å². The van der Waals surface area contributed by atoms with E-state index in [9.17, 15) is 0 Å². The SMILES string of the molecule is CCNC(Cc1csc(C)n1)c1c(OC)cccc1OC. The summed E-state index contributed by atoms with van der Waals surface area (Å²) in [4.78, 5) is 4.57. The van der Waals surface area contributed by atoms with Crippen LogP contribution in [0.2, 0.25) is 0 Å². The number of thiazole rings is 1. The molecule has 0 amide bonds. The van der Waals surface area contributed by atoms with Gasteiger partial charge in [-0.2, -0.15) is 0 Å². The fourth-order valence-electron chi connectivity index (χ4n) is 2.46. The molecular weight excluding hydrogens is 284 g/mol. The minimum atomic E-state index is 0.114. The molecule has 0 aliphatic heterocycles. The molecule has 1 aromatic carbocycles. The summed E-state index contributed by atoms with van der Waals surface area (Å²) >= 11 is 1.68. The van der Waals surface area contributed by atoms with Gasteiger partial charge in [-0.3, -0.25) is 0 Å². The van der Waals surface area contributed by atoms with Gasteiger partial charge in [-0.25, -0.2) is 4.98 Å². The van der Waals surface area contributed by atoms with Crippen LogP contribution < -0.4 is 14.8 Å². The second-order valence-electron chi connectivity index (χ2n) is 4.75. The summed E-state index contributed by atoms with van der Waals surface area (Å²) in [6.45, 7) is 5.00. The highest BCUT2D eigenvalue weighted by atomic mass is 32.1. The highest BCUT2D eigenvalue weighted by molar-refractivity contribution is 7.09. The summed E-state index contributed by atoms with van der Waals surface area (Å²) < 4.78 is 11.0. The molecule has 0 aliphatic carbocycles. The number of nitrogens with one attached hydrogen (secondary N) is 1. The number of hydrogen-bond donors (Lipinski definition) is 1. The minimum Gasteiger partial charge on any atom is -0.496 e. The monoisotopic (exact) mass is 306 g/mol. The minimum absolute atomic E-state index is 0.114. The smallest absolute Gasteiger partial charge is 0.127 e. The van der Waals surface area contributed by atoms with E-state index in [4.69, 9.17) is 9.47 Å². The van der Waals surface area contributed by atoms with E-state index in [0.29, 0.717) is 0 Å². The van der Waals surface area contributed by atoms with Crippen molar-refractivity contribution in [2.75, 3.05) is 20.8 Å². The van der Waals surface area contributed by atoms with Crippen molar-refractivity contribution in [3.63, 3.8) is 0 Å². The summed E-state index contributed by atoms with van der Waals surface area (Å²) in [7, 11) is 3.38. The van der Waals surface area contributed by atoms with Crippen LogP contribution in [0.15, 0.2) is 23.6 Å². The first-order valence-corrected chi connectivity index (χ1v) is 7.92. The van der Waals surface area contributed by atoms with Crippen molar-refractivity contribution in [3.8, 4) is 11.5 Å². The Balaban J connectivity index is 2.37. The molecule has 1 heterocycles. The Morgan fingerprint density at radius 3 is 2.38 bits per heavy atom. The van der Waals surface area contributed by atoms with Gasteiger partial charge in [0.05, 0.1) is 30.5 Å². The molecule has 1 unspecified atom stereocenters. The predicted molar refractivity (Wildman–Crippen MR) is 86.5 cm³/mol. The number of methoxy groups -OCH3 is 2. The van der Waals surface area contributed by atoms with Gasteiger partial charge in [-0.15, -0.1) is 11.3 Å². The predicted octanol–water partition coefficient (Wildman–Crippen LogP) is 3.36. The zero-order valence-corrected chi connectivity index (χ0v) is 13.8. The summed E-state index contributed by atoms with van der Waals surface area (Å²) in [5.74, 6) is 1.68. The third-order valence-corrected chi connectivity index (χ3v) is 4.17. The Hall–Kier alpha value is -1.59. The summed E-state index contributed by atoms with van der Waals surface area (Å²) in [5.41, 5.74) is 2.14. The molecule has 0 radical (unpaired) electrons. The highest BCUT2D eigenvalue weighted by Gasteiger charge is 2.21. The molecule has 0 spiro atoms. The number of likely N-dealkylation sites (N-methyl/N-ethyl adjacent to an activating group) is 1. The maximum Gasteiger partial charge on any atom is 0.127 e. The lowest BCUT2D eigenvalue weighted by molar-refractivity contribution is 0.370. The van der Waals surface area contributed by atoms with E-state index < -0.39 is 0 Å². The number of aryl methyl sites for hydroxylation is 1. The van der Waals surface area contributed by atoms with Gasteiger partial charge in [0.25, 0.3) is 0 Å². The van der Waals surface area contributed by atoms with Crippen LogP contribution in [0, 0.1) is 6.92 Å². The lowest BCUT2D eigenvalue weighted by Gasteiger charge is -2.22. The number of aromatic nitrogens is 1. The van der Waals surface area contributed by atoms with Crippen LogP contribution in [-0.4, -0.2) is 25.7 Å². The zero-order chi connectivity index (χ0) is 15.2. The van der Waals surface area contributed by atoms with E-state index in [0.717, 1.165) is 40.7 Å². The number of hydrogen-bond acceptors (Lipinski definition) is 5. The van der Waals surface area contributed by atoms with Crippen molar-refractivity contribution in [1.82, 2.24) is 10.3 Å². The van der Waals surface area contributed by atoms with Gasteiger partial charge in [0.15, 0.2) is 0 Å². The Morgan fingerprint density at radius 1 is 1.24 bits per heavy atom. The third-order valence-electron chi connectivity index (χ3n) is 3.34. The first-order valence-electron chi connectivity index (χ1n) is 7.04. The highest BCUT2D eigenvalue weighted by Crippen LogP contribution is 2.35. The molecular formula is C16H22N2O2S. The van der Waals surface area contributed by atoms with Gasteiger partial charge >= 0.3 is 0 Å². The lowest BCUT2D eigenvalue weighted by Crippen LogP contribution is -2.24. The fraction of sp³-hybridized carbons (Fsp3) is 0.438. The van der Waals surface area contributed by atoms with Gasteiger partial charge in [0.2, 0.25) is 0 Å². The van der Waals surface area contributed by atoms with Crippen LogP contribution in [0.25, 0.3) is 0 Å². The topological polar surface area (TPSA) is 43.4 Å². The van der Waals surface area contributed by atoms with Crippen molar-refractivity contribution >= 4 is 11.3 Å². The van der Waals surface area contributed by atoms with Crippen molar-refractivity contribution in [2.24, 2.45) is 0 Å². The standard InChI is InChI=1S/C16H22N2O2S/c1-5-17-13(9-12-10-21-11(2)18-12)16-14(19-3)7-6-8-15(16)20-4/h6-8,10,13,17H,5,9H2,1-4H3. The van der Waals surface area contributed by atoms with E-state index in [-0.39, 0.29) is 6.04 Å². The summed E-state index contributed by atoms with van der Waals surface area (Å²) in [5, 5.41) is 6.71. The first-order chi connectivity index (χ1) is 10.2. The van der Waals surface area contributed by atoms with Crippen LogP contribution in [0.1, 0.15) is 29.2 Å². The molecule has 0 aliphatic rings. The average molecular weight is 306 g/mol. The molecule has 0 saturated carbocycles. The lowest BCUT2D eigenvalue weighted by atomic mass is 10.00. The average Bonchev–Trinajstić information content (AvgIpc) is 2.91. The van der Waals surface area contributed by atoms with Crippen molar-refractivity contribution in [1.29, 1.82) is 0 Å². The second-order valence-corrected chi connectivity index (χ2v) is 5.81. The molecule has 4 nitrogen and oxygen atoms in total. The molecule has 1 atom stereocenters. The molecule has 0 fully saturated rings. The van der Waals surface area contributed by atoms with E-state index >= 15 is 0 Å². The number of benzene rings is 1. The molecule has 2 aromatic rings. The second kappa shape index (κ2) is 7.43. The molecule has 2 rings (SSSR count). The Bertz CT molecular complexity index is 561. The normalized spacial score (nSPS) is 12.2. The van der Waals surface area contributed by atoms with Crippen molar-refractivity contribution < 1.29 is 9.47 Å². The molecule has 1 aromatic heterocycles. The van der Waals surface area contributed by atoms with Crippen LogP contribution >= 0.6 is 11.3 Å². The first kappa shape index (κ1) is 15.8. The zero-order valence-electron chi connectivity index (χ0n) is 13.0.